The van der Waals surface area contributed by atoms with Gasteiger partial charge in [-0.05, 0) is 42.8 Å². The van der Waals surface area contributed by atoms with Gasteiger partial charge in [0.1, 0.15) is 10.6 Å². The van der Waals surface area contributed by atoms with Crippen LogP contribution in [0.5, 0.6) is 0 Å². The topological polar surface area (TPSA) is 90.3 Å². The number of esters is 1. The molecule has 1 heterocycles. The van der Waals surface area contributed by atoms with Crippen molar-refractivity contribution in [1.82, 2.24) is 9.78 Å². The highest BCUT2D eigenvalue weighted by molar-refractivity contribution is 7.92. The molecule has 0 aliphatic carbocycles. The number of benzene rings is 3. The van der Waals surface area contributed by atoms with Gasteiger partial charge in [0, 0.05) is 11.3 Å². The third kappa shape index (κ3) is 5.35. The Hall–Kier alpha value is -3.91. The molecule has 0 spiro atoms. The quantitative estimate of drug-likeness (QED) is 0.262. The van der Waals surface area contributed by atoms with Gasteiger partial charge in [0.2, 0.25) is 0 Å². The fraction of sp³-hybridized carbons (Fsp3) is 0.154. The molecule has 0 aliphatic rings. The highest BCUT2D eigenvalue weighted by atomic mass is 32.2. The van der Waals surface area contributed by atoms with Gasteiger partial charge in [0.15, 0.2) is 0 Å². The Labute approximate surface area is 199 Å². The van der Waals surface area contributed by atoms with E-state index in [0.29, 0.717) is 29.1 Å². The van der Waals surface area contributed by atoms with Crippen molar-refractivity contribution in [3.8, 4) is 16.9 Å². The number of hydrogen-bond donors (Lipinski definition) is 1. The molecular formula is C26H25N3O4S. The predicted molar refractivity (Wildman–Crippen MR) is 131 cm³/mol. The standard InChI is InChI=1S/C26H25N3O4S/c1-2-3-18-33-26(30)21-14-16-22(17-15-21)28-34(31,32)24-19-29(23-12-8-5-9-13-23)27-25(24)20-10-6-4-7-11-20/h4-17,19,28H,2-3,18H2,1H3. The molecule has 0 amide bonds. The van der Waals surface area contributed by atoms with Crippen LogP contribution in [0.4, 0.5) is 5.69 Å². The summed E-state index contributed by atoms with van der Waals surface area (Å²) in [5, 5.41) is 4.57. The number of unbranched alkanes of at least 4 members (excludes halogenated alkanes) is 1. The van der Waals surface area contributed by atoms with E-state index in [2.05, 4.69) is 9.82 Å². The van der Waals surface area contributed by atoms with Gasteiger partial charge in [-0.2, -0.15) is 5.10 Å². The molecule has 0 radical (unpaired) electrons. The van der Waals surface area contributed by atoms with E-state index in [4.69, 9.17) is 4.74 Å². The number of carbonyl (C=O) groups is 1. The van der Waals surface area contributed by atoms with Gasteiger partial charge in [-0.25, -0.2) is 17.9 Å². The first-order chi connectivity index (χ1) is 16.5. The Morgan fingerprint density at radius 2 is 1.59 bits per heavy atom. The summed E-state index contributed by atoms with van der Waals surface area (Å²) in [4.78, 5) is 12.2. The van der Waals surface area contributed by atoms with Gasteiger partial charge >= 0.3 is 5.97 Å². The van der Waals surface area contributed by atoms with Crippen LogP contribution < -0.4 is 4.72 Å². The number of nitrogens with one attached hydrogen (secondary N) is 1. The number of anilines is 1. The van der Waals surface area contributed by atoms with Crippen LogP contribution in [-0.4, -0.2) is 30.8 Å². The summed E-state index contributed by atoms with van der Waals surface area (Å²) in [7, 11) is -3.98. The van der Waals surface area contributed by atoms with E-state index in [1.165, 1.54) is 30.5 Å². The minimum absolute atomic E-state index is 0.0469. The van der Waals surface area contributed by atoms with Gasteiger partial charge < -0.3 is 4.74 Å². The maximum atomic E-state index is 13.4. The lowest BCUT2D eigenvalue weighted by atomic mass is 10.2. The smallest absolute Gasteiger partial charge is 0.338 e. The van der Waals surface area contributed by atoms with Crippen molar-refractivity contribution in [3.05, 3.63) is 96.7 Å². The molecule has 3 aromatic carbocycles. The van der Waals surface area contributed by atoms with E-state index >= 15 is 0 Å². The van der Waals surface area contributed by atoms with Crippen LogP contribution in [-0.2, 0) is 14.8 Å². The Bertz CT molecular complexity index is 1350. The number of carbonyl (C=O) groups excluding carboxylic acids is 1. The lowest BCUT2D eigenvalue weighted by Crippen LogP contribution is -2.13. The number of ether oxygens (including phenoxy) is 1. The van der Waals surface area contributed by atoms with E-state index in [0.717, 1.165) is 18.5 Å². The van der Waals surface area contributed by atoms with Gasteiger partial charge in [-0.1, -0.05) is 61.9 Å². The molecule has 0 atom stereocenters. The third-order valence-electron chi connectivity index (χ3n) is 5.14. The zero-order valence-electron chi connectivity index (χ0n) is 18.7. The average molecular weight is 476 g/mol. The Balaban J connectivity index is 1.63. The molecule has 0 saturated carbocycles. The van der Waals surface area contributed by atoms with Crippen molar-refractivity contribution < 1.29 is 17.9 Å². The second-order valence-corrected chi connectivity index (χ2v) is 9.31. The van der Waals surface area contributed by atoms with Crippen molar-refractivity contribution in [3.63, 3.8) is 0 Å². The summed E-state index contributed by atoms with van der Waals surface area (Å²) in [5.74, 6) is -0.432. The summed E-state index contributed by atoms with van der Waals surface area (Å²) in [6.45, 7) is 2.37. The molecule has 0 fully saturated rings. The lowest BCUT2D eigenvalue weighted by molar-refractivity contribution is 0.0500. The molecule has 4 aromatic rings. The van der Waals surface area contributed by atoms with Crippen LogP contribution >= 0.6 is 0 Å². The summed E-state index contributed by atoms with van der Waals surface area (Å²) in [5.41, 5.74) is 2.46. The molecular weight excluding hydrogens is 450 g/mol. The molecule has 34 heavy (non-hydrogen) atoms. The van der Waals surface area contributed by atoms with Crippen LogP contribution in [0.1, 0.15) is 30.1 Å². The SMILES string of the molecule is CCCCOC(=O)c1ccc(NS(=O)(=O)c2cn(-c3ccccc3)nc2-c2ccccc2)cc1. The van der Waals surface area contributed by atoms with E-state index in [9.17, 15) is 13.2 Å². The van der Waals surface area contributed by atoms with Gasteiger partial charge in [-0.15, -0.1) is 0 Å². The summed E-state index contributed by atoms with van der Waals surface area (Å²) < 4.78 is 36.1. The number of rotatable bonds is 9. The lowest BCUT2D eigenvalue weighted by Gasteiger charge is -2.09. The van der Waals surface area contributed by atoms with E-state index in [-0.39, 0.29) is 4.90 Å². The molecule has 1 N–H and O–H groups in total. The average Bonchev–Trinajstić information content (AvgIpc) is 3.32. The molecule has 7 nitrogen and oxygen atoms in total. The van der Waals surface area contributed by atoms with Gasteiger partial charge in [0.25, 0.3) is 10.0 Å². The molecule has 8 heteroatoms. The first-order valence-electron chi connectivity index (χ1n) is 11.0. The Kier molecular flexibility index (Phi) is 7.08. The van der Waals surface area contributed by atoms with Crippen molar-refractivity contribution >= 4 is 21.7 Å². The largest absolute Gasteiger partial charge is 0.462 e. The number of aromatic nitrogens is 2. The van der Waals surface area contributed by atoms with Crippen molar-refractivity contribution in [2.75, 3.05) is 11.3 Å². The van der Waals surface area contributed by atoms with Gasteiger partial charge in [0.05, 0.1) is 24.1 Å². The van der Waals surface area contributed by atoms with Crippen molar-refractivity contribution in [2.45, 2.75) is 24.7 Å². The van der Waals surface area contributed by atoms with Crippen LogP contribution in [0.2, 0.25) is 0 Å². The number of sulfonamides is 1. The number of hydrogen-bond acceptors (Lipinski definition) is 5. The maximum Gasteiger partial charge on any atom is 0.338 e. The minimum atomic E-state index is -3.98. The molecule has 0 aliphatic heterocycles. The molecule has 0 saturated heterocycles. The van der Waals surface area contributed by atoms with Crippen molar-refractivity contribution in [2.24, 2.45) is 0 Å². The van der Waals surface area contributed by atoms with E-state index < -0.39 is 16.0 Å². The fourth-order valence-corrected chi connectivity index (χ4v) is 4.55. The summed E-state index contributed by atoms with van der Waals surface area (Å²) in [6, 6.07) is 24.6. The second-order valence-electron chi connectivity index (χ2n) is 7.66. The first kappa shape index (κ1) is 23.3. The number of para-hydroxylation sites is 1. The predicted octanol–water partition coefficient (Wildman–Crippen LogP) is 5.30. The highest BCUT2D eigenvalue weighted by Gasteiger charge is 2.24. The maximum absolute atomic E-state index is 13.4. The number of nitrogens with zero attached hydrogens (tertiary/aromatic N) is 2. The van der Waals surface area contributed by atoms with E-state index in [1.54, 1.807) is 4.68 Å². The van der Waals surface area contributed by atoms with Gasteiger partial charge in [-0.3, -0.25) is 4.72 Å². The van der Waals surface area contributed by atoms with Crippen molar-refractivity contribution in [1.29, 1.82) is 0 Å². The van der Waals surface area contributed by atoms with Crippen LogP contribution in [0.15, 0.2) is 96.0 Å². The molecule has 0 bridgehead atoms. The van der Waals surface area contributed by atoms with Crippen LogP contribution in [0, 0.1) is 0 Å². The summed E-state index contributed by atoms with van der Waals surface area (Å²) in [6.07, 6.45) is 3.23. The fourth-order valence-electron chi connectivity index (χ4n) is 3.34. The normalized spacial score (nSPS) is 11.2. The van der Waals surface area contributed by atoms with Crippen LogP contribution in [0.25, 0.3) is 16.9 Å². The van der Waals surface area contributed by atoms with E-state index in [1.807, 2.05) is 67.6 Å². The Morgan fingerprint density at radius 3 is 2.24 bits per heavy atom. The zero-order valence-corrected chi connectivity index (χ0v) is 19.5. The first-order valence-corrected chi connectivity index (χ1v) is 12.5. The zero-order chi connectivity index (χ0) is 24.0. The molecule has 0 unspecified atom stereocenters. The third-order valence-corrected chi connectivity index (χ3v) is 6.52. The molecule has 174 valence electrons. The highest BCUT2D eigenvalue weighted by Crippen LogP contribution is 2.29. The second kappa shape index (κ2) is 10.4. The minimum Gasteiger partial charge on any atom is -0.462 e. The van der Waals surface area contributed by atoms with Crippen LogP contribution in [0.3, 0.4) is 0 Å². The molecule has 1 aromatic heterocycles. The molecule has 4 rings (SSSR count). The Morgan fingerprint density at radius 1 is 0.941 bits per heavy atom. The summed E-state index contributed by atoms with van der Waals surface area (Å²) >= 11 is 0. The monoisotopic (exact) mass is 475 g/mol.